The van der Waals surface area contributed by atoms with Crippen LogP contribution in [0.15, 0.2) is 65.4 Å². The zero-order chi connectivity index (χ0) is 16.2. The molecule has 0 radical (unpaired) electrons. The van der Waals surface area contributed by atoms with Crippen LogP contribution in [0.25, 0.3) is 15.7 Å². The third-order valence-electron chi connectivity index (χ3n) is 3.62. The summed E-state index contributed by atoms with van der Waals surface area (Å²) in [6.45, 7) is 5.97. The largest absolute Gasteiger partial charge is 0.382 e. The van der Waals surface area contributed by atoms with Crippen molar-refractivity contribution in [3.8, 4) is 0 Å². The molecule has 0 bridgehead atoms. The van der Waals surface area contributed by atoms with Crippen molar-refractivity contribution in [2.45, 2.75) is 18.2 Å². The molecule has 0 aliphatic carbocycles. The van der Waals surface area contributed by atoms with Crippen molar-refractivity contribution in [1.29, 1.82) is 0 Å². The lowest BCUT2D eigenvalue weighted by molar-refractivity contribution is -0.126. The molecule has 3 aromatic rings. The number of carbonyl (C=O) groups excluding carboxylic acids is 1. The molecule has 0 aliphatic rings. The second-order valence-electron chi connectivity index (χ2n) is 5.04. The molecule has 2 aromatic carbocycles. The molecule has 0 fully saturated rings. The second kappa shape index (κ2) is 7.02. The summed E-state index contributed by atoms with van der Waals surface area (Å²) in [4.78, 5) is 13.3. The third-order valence-corrected chi connectivity index (χ3v) is 5.47. The fourth-order valence-electron chi connectivity index (χ4n) is 2.40. The van der Waals surface area contributed by atoms with E-state index in [0.717, 1.165) is 44.6 Å². The lowest BCUT2D eigenvalue weighted by Crippen LogP contribution is -2.04. The molecule has 23 heavy (non-hydrogen) atoms. The molecule has 0 amide bonds. The number of hydrogen-bond acceptors (Lipinski definition) is 4. The van der Waals surface area contributed by atoms with Gasteiger partial charge in [-0.3, -0.25) is 0 Å². The average Bonchev–Trinajstić information content (AvgIpc) is 3.08. The van der Waals surface area contributed by atoms with Gasteiger partial charge in [-0.25, -0.2) is 4.79 Å². The Kier molecular flexibility index (Phi) is 4.84. The summed E-state index contributed by atoms with van der Waals surface area (Å²) in [5.74, 6) is -0.399. The van der Waals surface area contributed by atoms with E-state index in [9.17, 15) is 4.79 Å². The monoisotopic (exact) mass is 340 g/mol. The predicted octanol–water partition coefficient (Wildman–Crippen LogP) is 5.73. The van der Waals surface area contributed by atoms with Crippen molar-refractivity contribution in [1.82, 2.24) is 0 Å². The molecule has 0 atom stereocenters. The van der Waals surface area contributed by atoms with E-state index in [1.807, 2.05) is 47.8 Å². The molecule has 0 spiro atoms. The first kappa shape index (κ1) is 15.8. The summed E-state index contributed by atoms with van der Waals surface area (Å²) in [5.41, 5.74) is 2.35. The van der Waals surface area contributed by atoms with Gasteiger partial charge in [0, 0.05) is 0 Å². The van der Waals surface area contributed by atoms with Gasteiger partial charge in [0.05, 0.1) is 27.2 Å². The van der Waals surface area contributed by atoms with Crippen LogP contribution in [0.4, 0.5) is 0 Å². The highest BCUT2D eigenvalue weighted by molar-refractivity contribution is 7.95. The van der Waals surface area contributed by atoms with E-state index < -0.39 is 5.97 Å². The van der Waals surface area contributed by atoms with E-state index in [0.29, 0.717) is 5.57 Å². The fourth-order valence-corrected chi connectivity index (χ4v) is 4.04. The molecule has 0 saturated heterocycles. The van der Waals surface area contributed by atoms with Gasteiger partial charge in [-0.1, -0.05) is 49.9 Å². The van der Waals surface area contributed by atoms with Crippen molar-refractivity contribution in [2.24, 2.45) is 0 Å². The standard InChI is InChI=1S/C19H16O2S2/c1-3-14-7-4-5-9-16(14)13(2)19(20)21-23-17-10-6-8-15-11-12-22-18(15)17/h4-12H,2-3H2,1H3. The molecule has 0 saturated carbocycles. The molecular weight excluding hydrogens is 324 g/mol. The van der Waals surface area contributed by atoms with E-state index in [2.05, 4.69) is 19.6 Å². The highest BCUT2D eigenvalue weighted by Gasteiger charge is 2.15. The number of carbonyl (C=O) groups is 1. The lowest BCUT2D eigenvalue weighted by atomic mass is 9.99. The Balaban J connectivity index is 1.74. The number of fused-ring (bicyclic) bond motifs is 1. The first-order valence-corrected chi connectivity index (χ1v) is 8.95. The molecule has 2 nitrogen and oxygen atoms in total. The number of benzene rings is 2. The van der Waals surface area contributed by atoms with Gasteiger partial charge in [-0.2, -0.15) is 0 Å². The molecule has 1 aromatic heterocycles. The van der Waals surface area contributed by atoms with Crippen molar-refractivity contribution in [3.63, 3.8) is 0 Å². The van der Waals surface area contributed by atoms with Crippen LogP contribution < -0.4 is 0 Å². The van der Waals surface area contributed by atoms with Gasteiger partial charge in [0.15, 0.2) is 0 Å². The van der Waals surface area contributed by atoms with Gasteiger partial charge in [-0.15, -0.1) is 11.3 Å². The summed E-state index contributed by atoms with van der Waals surface area (Å²) >= 11 is 2.74. The van der Waals surface area contributed by atoms with Crippen LogP contribution in [0.1, 0.15) is 18.1 Å². The second-order valence-corrected chi connectivity index (χ2v) is 6.73. The molecule has 4 heteroatoms. The summed E-state index contributed by atoms with van der Waals surface area (Å²) in [7, 11) is 0. The quantitative estimate of drug-likeness (QED) is 0.438. The Morgan fingerprint density at radius 2 is 2.00 bits per heavy atom. The van der Waals surface area contributed by atoms with Gasteiger partial charge < -0.3 is 4.18 Å². The smallest absolute Gasteiger partial charge is 0.350 e. The van der Waals surface area contributed by atoms with Crippen LogP contribution in [-0.2, 0) is 15.4 Å². The van der Waals surface area contributed by atoms with Gasteiger partial charge in [0.1, 0.15) is 0 Å². The molecular formula is C19H16O2S2. The summed E-state index contributed by atoms with van der Waals surface area (Å²) in [5, 5.41) is 3.19. The molecule has 0 unspecified atom stereocenters. The van der Waals surface area contributed by atoms with Gasteiger partial charge >= 0.3 is 5.97 Å². The van der Waals surface area contributed by atoms with E-state index in [-0.39, 0.29) is 0 Å². The Hall–Kier alpha value is -2.04. The molecule has 0 aliphatic heterocycles. The molecule has 0 N–H and O–H groups in total. The highest BCUT2D eigenvalue weighted by atomic mass is 32.2. The minimum Gasteiger partial charge on any atom is -0.382 e. The molecule has 1 heterocycles. The first-order valence-electron chi connectivity index (χ1n) is 7.33. The van der Waals surface area contributed by atoms with Crippen molar-refractivity contribution in [3.05, 3.63) is 71.6 Å². The maximum atomic E-state index is 12.3. The topological polar surface area (TPSA) is 26.3 Å². The minimum atomic E-state index is -0.399. The Morgan fingerprint density at radius 3 is 2.83 bits per heavy atom. The number of aryl methyl sites for hydroxylation is 1. The van der Waals surface area contributed by atoms with E-state index in [1.54, 1.807) is 11.3 Å². The van der Waals surface area contributed by atoms with Crippen LogP contribution in [0.5, 0.6) is 0 Å². The maximum absolute atomic E-state index is 12.3. The maximum Gasteiger partial charge on any atom is 0.350 e. The first-order chi connectivity index (χ1) is 11.2. The van der Waals surface area contributed by atoms with Crippen molar-refractivity contribution < 1.29 is 8.98 Å². The third kappa shape index (κ3) is 3.33. The molecule has 116 valence electrons. The van der Waals surface area contributed by atoms with E-state index in [4.69, 9.17) is 4.18 Å². The SMILES string of the molecule is C=C(C(=O)OSc1cccc2ccsc12)c1ccccc1CC. The Morgan fingerprint density at radius 1 is 1.17 bits per heavy atom. The number of hydrogen-bond donors (Lipinski definition) is 0. The summed E-state index contributed by atoms with van der Waals surface area (Å²) < 4.78 is 6.54. The van der Waals surface area contributed by atoms with Crippen LogP contribution in [0, 0.1) is 0 Å². The van der Waals surface area contributed by atoms with Crippen LogP contribution in [-0.4, -0.2) is 5.97 Å². The zero-order valence-corrected chi connectivity index (χ0v) is 14.4. The van der Waals surface area contributed by atoms with E-state index in [1.165, 1.54) is 0 Å². The normalized spacial score (nSPS) is 10.7. The minimum absolute atomic E-state index is 0.397. The predicted molar refractivity (Wildman–Crippen MR) is 98.6 cm³/mol. The van der Waals surface area contributed by atoms with Crippen LogP contribution >= 0.6 is 23.4 Å². The average molecular weight is 340 g/mol. The summed E-state index contributed by atoms with van der Waals surface area (Å²) in [6, 6.07) is 15.8. The highest BCUT2D eigenvalue weighted by Crippen LogP contribution is 2.33. The number of thiophene rings is 1. The fraction of sp³-hybridized carbons (Fsp3) is 0.105. The number of rotatable bonds is 5. The van der Waals surface area contributed by atoms with Crippen molar-refractivity contribution in [2.75, 3.05) is 0 Å². The van der Waals surface area contributed by atoms with Crippen LogP contribution in [0.2, 0.25) is 0 Å². The zero-order valence-electron chi connectivity index (χ0n) is 12.7. The Bertz CT molecular complexity index is 864. The van der Waals surface area contributed by atoms with Gasteiger partial charge in [0.2, 0.25) is 0 Å². The van der Waals surface area contributed by atoms with E-state index >= 15 is 0 Å². The van der Waals surface area contributed by atoms with Crippen LogP contribution in [0.3, 0.4) is 0 Å². The van der Waals surface area contributed by atoms with Crippen molar-refractivity contribution >= 4 is 45.0 Å². The molecule has 3 rings (SSSR count). The Labute approximate surface area is 144 Å². The van der Waals surface area contributed by atoms with Gasteiger partial charge in [0.25, 0.3) is 0 Å². The lowest BCUT2D eigenvalue weighted by Gasteiger charge is -2.10. The summed E-state index contributed by atoms with van der Waals surface area (Å²) in [6.07, 6.45) is 0.851. The van der Waals surface area contributed by atoms with Gasteiger partial charge in [-0.05, 0) is 40.4 Å².